The molecule has 1 N–H and O–H groups in total. The van der Waals surface area contributed by atoms with Crippen LogP contribution in [0.2, 0.25) is 0 Å². The van der Waals surface area contributed by atoms with E-state index in [0.29, 0.717) is 17.3 Å². The van der Waals surface area contributed by atoms with Gasteiger partial charge in [0.05, 0.1) is 17.1 Å². The number of hydrogen-bond acceptors (Lipinski definition) is 2. The molecular formula is C19H33NO. The van der Waals surface area contributed by atoms with Gasteiger partial charge in [-0.2, -0.15) is 5.26 Å². The smallest absolute Gasteiger partial charge is 0.0863 e. The molecule has 2 heteroatoms. The summed E-state index contributed by atoms with van der Waals surface area (Å²) in [6, 6.07) is 2.58. The Hall–Kier alpha value is -0.550. The summed E-state index contributed by atoms with van der Waals surface area (Å²) in [7, 11) is 0. The molecule has 2 nitrogen and oxygen atoms in total. The Morgan fingerprint density at radius 2 is 1.86 bits per heavy atom. The Morgan fingerprint density at radius 1 is 1.14 bits per heavy atom. The summed E-state index contributed by atoms with van der Waals surface area (Å²) < 4.78 is 0. The van der Waals surface area contributed by atoms with Crippen molar-refractivity contribution >= 4 is 0 Å². The first-order valence-corrected chi connectivity index (χ1v) is 8.90. The normalized spacial score (nSPS) is 41.5. The van der Waals surface area contributed by atoms with Crippen molar-refractivity contribution in [2.45, 2.75) is 91.1 Å². The van der Waals surface area contributed by atoms with Gasteiger partial charge in [-0.05, 0) is 62.2 Å². The van der Waals surface area contributed by atoms with Gasteiger partial charge in [0.2, 0.25) is 0 Å². The maximum absolute atomic E-state index is 11.4. The van der Waals surface area contributed by atoms with Gasteiger partial charge in [-0.1, -0.05) is 40.5 Å². The van der Waals surface area contributed by atoms with E-state index in [4.69, 9.17) is 0 Å². The number of hydrogen-bond donors (Lipinski definition) is 1. The van der Waals surface area contributed by atoms with Crippen molar-refractivity contribution in [2.75, 3.05) is 0 Å². The van der Waals surface area contributed by atoms with Gasteiger partial charge in [0.25, 0.3) is 0 Å². The second-order valence-electron chi connectivity index (χ2n) is 8.74. The molecule has 2 rings (SSSR count). The van der Waals surface area contributed by atoms with Crippen LogP contribution in [0.4, 0.5) is 0 Å². The van der Waals surface area contributed by atoms with Crippen molar-refractivity contribution < 1.29 is 5.11 Å². The molecule has 2 aliphatic rings. The van der Waals surface area contributed by atoms with E-state index in [2.05, 4.69) is 33.8 Å². The van der Waals surface area contributed by atoms with E-state index < -0.39 is 11.0 Å². The van der Waals surface area contributed by atoms with E-state index in [1.54, 1.807) is 0 Å². The second-order valence-corrected chi connectivity index (χ2v) is 8.74. The lowest BCUT2D eigenvalue weighted by Gasteiger charge is -2.40. The van der Waals surface area contributed by atoms with E-state index in [-0.39, 0.29) is 0 Å². The molecule has 120 valence electrons. The average molecular weight is 291 g/mol. The highest BCUT2D eigenvalue weighted by molar-refractivity contribution is 5.15. The number of rotatable bonds is 2. The average Bonchev–Trinajstić information content (AvgIpc) is 2.76. The third-order valence-corrected chi connectivity index (χ3v) is 6.57. The zero-order chi connectivity index (χ0) is 15.7. The number of nitriles is 1. The molecule has 0 aromatic carbocycles. The SMILES string of the molecule is CCC1CCC(C#N)(C2(O)CCCC(C(C)(C)C)CC2)C1. The predicted molar refractivity (Wildman–Crippen MR) is 86.7 cm³/mol. The van der Waals surface area contributed by atoms with Crippen LogP contribution in [0.3, 0.4) is 0 Å². The van der Waals surface area contributed by atoms with Crippen LogP contribution in [0.15, 0.2) is 0 Å². The highest BCUT2D eigenvalue weighted by Crippen LogP contribution is 2.55. The van der Waals surface area contributed by atoms with Gasteiger partial charge in [-0.3, -0.25) is 0 Å². The topological polar surface area (TPSA) is 44.0 Å². The quantitative estimate of drug-likeness (QED) is 0.722. The summed E-state index contributed by atoms with van der Waals surface area (Å²) >= 11 is 0. The Bertz CT molecular complexity index is 405. The van der Waals surface area contributed by atoms with E-state index in [1.165, 1.54) is 6.42 Å². The minimum atomic E-state index is -0.744. The van der Waals surface area contributed by atoms with Gasteiger partial charge in [-0.15, -0.1) is 0 Å². The summed E-state index contributed by atoms with van der Waals surface area (Å²) in [4.78, 5) is 0. The van der Waals surface area contributed by atoms with Crippen LogP contribution in [0, 0.1) is 34.0 Å². The number of nitrogens with zero attached hydrogens (tertiary/aromatic N) is 1. The monoisotopic (exact) mass is 291 g/mol. The summed E-state index contributed by atoms with van der Waals surface area (Å²) in [6.45, 7) is 9.14. The largest absolute Gasteiger partial charge is 0.388 e. The lowest BCUT2D eigenvalue weighted by atomic mass is 9.66. The molecular weight excluding hydrogens is 258 g/mol. The third kappa shape index (κ3) is 3.14. The first-order chi connectivity index (χ1) is 9.76. The first-order valence-electron chi connectivity index (χ1n) is 8.90. The Balaban J connectivity index is 2.16. The zero-order valence-electron chi connectivity index (χ0n) is 14.4. The van der Waals surface area contributed by atoms with Crippen molar-refractivity contribution in [2.24, 2.45) is 22.7 Å². The second kappa shape index (κ2) is 5.92. The predicted octanol–water partition coefficient (Wildman–Crippen LogP) is 5.06. The van der Waals surface area contributed by atoms with Crippen LogP contribution in [0.5, 0.6) is 0 Å². The molecule has 0 aliphatic heterocycles. The molecule has 0 heterocycles. The summed E-state index contributed by atoms with van der Waals surface area (Å²) in [5, 5.41) is 21.2. The van der Waals surface area contributed by atoms with Crippen molar-refractivity contribution in [1.82, 2.24) is 0 Å². The lowest BCUT2D eigenvalue weighted by Crippen LogP contribution is -2.46. The Morgan fingerprint density at radius 3 is 2.38 bits per heavy atom. The van der Waals surface area contributed by atoms with E-state index in [9.17, 15) is 10.4 Å². The van der Waals surface area contributed by atoms with Crippen LogP contribution in [0.25, 0.3) is 0 Å². The Labute approximate surface area is 130 Å². The molecule has 0 amide bonds. The van der Waals surface area contributed by atoms with E-state index in [0.717, 1.165) is 51.4 Å². The van der Waals surface area contributed by atoms with Crippen molar-refractivity contribution in [3.8, 4) is 6.07 Å². The Kier molecular flexibility index (Phi) is 4.74. The van der Waals surface area contributed by atoms with Crippen LogP contribution < -0.4 is 0 Å². The van der Waals surface area contributed by atoms with Gasteiger partial charge >= 0.3 is 0 Å². The minimum Gasteiger partial charge on any atom is -0.388 e. The summed E-state index contributed by atoms with van der Waals surface area (Å²) in [6.07, 6.45) is 9.06. The molecule has 2 saturated carbocycles. The van der Waals surface area contributed by atoms with Crippen LogP contribution in [0.1, 0.15) is 85.5 Å². The first kappa shape index (κ1) is 16.8. The molecule has 2 fully saturated rings. The molecule has 0 saturated heterocycles. The van der Waals surface area contributed by atoms with Crippen molar-refractivity contribution in [3.05, 3.63) is 0 Å². The van der Waals surface area contributed by atoms with Crippen molar-refractivity contribution in [1.29, 1.82) is 5.26 Å². The van der Waals surface area contributed by atoms with Crippen LogP contribution >= 0.6 is 0 Å². The summed E-state index contributed by atoms with van der Waals surface area (Å²) in [5.41, 5.74) is -0.904. The van der Waals surface area contributed by atoms with Gasteiger partial charge in [0.15, 0.2) is 0 Å². The molecule has 2 aliphatic carbocycles. The van der Waals surface area contributed by atoms with Crippen molar-refractivity contribution in [3.63, 3.8) is 0 Å². The molecule has 0 aromatic rings. The molecule has 0 radical (unpaired) electrons. The van der Waals surface area contributed by atoms with Gasteiger partial charge in [0, 0.05) is 0 Å². The standard InChI is InChI=1S/C19H33NO/c1-5-15-8-11-18(13-15,14-20)19(21)10-6-7-16(9-12-19)17(2,3)4/h15-16,21H,5-13H2,1-4H3. The maximum Gasteiger partial charge on any atom is 0.0863 e. The fourth-order valence-corrected chi connectivity index (χ4v) is 4.79. The molecule has 4 atom stereocenters. The van der Waals surface area contributed by atoms with Gasteiger partial charge in [0.1, 0.15) is 0 Å². The number of aliphatic hydroxyl groups is 1. The molecule has 0 spiro atoms. The fourth-order valence-electron chi connectivity index (χ4n) is 4.79. The zero-order valence-corrected chi connectivity index (χ0v) is 14.4. The van der Waals surface area contributed by atoms with Gasteiger partial charge in [-0.25, -0.2) is 0 Å². The molecule has 0 bridgehead atoms. The summed E-state index contributed by atoms with van der Waals surface area (Å²) in [5.74, 6) is 1.31. The molecule has 21 heavy (non-hydrogen) atoms. The van der Waals surface area contributed by atoms with E-state index >= 15 is 0 Å². The fraction of sp³-hybridized carbons (Fsp3) is 0.947. The highest BCUT2D eigenvalue weighted by Gasteiger charge is 2.54. The van der Waals surface area contributed by atoms with Crippen LogP contribution in [-0.2, 0) is 0 Å². The third-order valence-electron chi connectivity index (χ3n) is 6.57. The van der Waals surface area contributed by atoms with Gasteiger partial charge < -0.3 is 5.11 Å². The maximum atomic E-state index is 11.4. The van der Waals surface area contributed by atoms with Crippen LogP contribution in [-0.4, -0.2) is 10.7 Å². The molecule has 4 unspecified atom stereocenters. The minimum absolute atomic E-state index is 0.312. The lowest BCUT2D eigenvalue weighted by molar-refractivity contribution is -0.0680. The highest BCUT2D eigenvalue weighted by atomic mass is 16.3. The molecule has 0 aromatic heterocycles. The van der Waals surface area contributed by atoms with E-state index in [1.807, 2.05) is 0 Å².